The molecule has 3 heterocycles. The first kappa shape index (κ1) is 15.1. The quantitative estimate of drug-likeness (QED) is 0.839. The van der Waals surface area contributed by atoms with Gasteiger partial charge in [-0.2, -0.15) is 0 Å². The van der Waals surface area contributed by atoms with Gasteiger partial charge in [-0.3, -0.25) is 14.9 Å². The van der Waals surface area contributed by atoms with Gasteiger partial charge in [-0.15, -0.1) is 0 Å². The molecular formula is C16H24N6. The van der Waals surface area contributed by atoms with Gasteiger partial charge in [0.15, 0.2) is 0 Å². The van der Waals surface area contributed by atoms with E-state index in [1.165, 1.54) is 6.42 Å². The van der Waals surface area contributed by atoms with Gasteiger partial charge in [0.1, 0.15) is 0 Å². The summed E-state index contributed by atoms with van der Waals surface area (Å²) >= 11 is 0. The molecule has 118 valence electrons. The third-order valence-corrected chi connectivity index (χ3v) is 4.01. The number of aryl methyl sites for hydroxylation is 1. The summed E-state index contributed by atoms with van der Waals surface area (Å²) in [6.45, 7) is 2.81. The topological polar surface area (TPSA) is 50.1 Å². The van der Waals surface area contributed by atoms with Crippen LogP contribution in [0.15, 0.2) is 24.9 Å². The second-order valence-corrected chi connectivity index (χ2v) is 6.33. The standard InChI is InChI=1S/C16H24N6/c1-20(2)9-13-7-17-8-15(19-13)16-5-4-6-22(16)11-14-10-21(3)12-18-14/h7-8,10,12,16H,4-6,9,11H2,1-3H3/t16-/m1/s1. The van der Waals surface area contributed by atoms with Gasteiger partial charge in [0.25, 0.3) is 0 Å². The number of rotatable bonds is 5. The normalized spacial score (nSPS) is 19.2. The fraction of sp³-hybridized carbons (Fsp3) is 0.562. The van der Waals surface area contributed by atoms with Crippen LogP contribution in [0, 0.1) is 0 Å². The predicted molar refractivity (Wildman–Crippen MR) is 85.0 cm³/mol. The summed E-state index contributed by atoms with van der Waals surface area (Å²) in [5.41, 5.74) is 3.24. The Morgan fingerprint density at radius 2 is 2.14 bits per heavy atom. The Morgan fingerprint density at radius 3 is 2.86 bits per heavy atom. The van der Waals surface area contributed by atoms with Crippen molar-refractivity contribution >= 4 is 0 Å². The van der Waals surface area contributed by atoms with Gasteiger partial charge in [0.05, 0.1) is 29.5 Å². The van der Waals surface area contributed by atoms with Crippen molar-refractivity contribution in [1.29, 1.82) is 0 Å². The van der Waals surface area contributed by atoms with Crippen LogP contribution in [-0.4, -0.2) is 50.0 Å². The minimum Gasteiger partial charge on any atom is -0.340 e. The van der Waals surface area contributed by atoms with E-state index in [1.807, 2.05) is 30.3 Å². The highest BCUT2D eigenvalue weighted by Crippen LogP contribution is 2.31. The number of nitrogens with zero attached hydrogens (tertiary/aromatic N) is 6. The van der Waals surface area contributed by atoms with Gasteiger partial charge in [-0.1, -0.05) is 0 Å². The van der Waals surface area contributed by atoms with Crippen molar-refractivity contribution in [3.63, 3.8) is 0 Å². The van der Waals surface area contributed by atoms with Crippen molar-refractivity contribution in [1.82, 2.24) is 29.3 Å². The van der Waals surface area contributed by atoms with Crippen LogP contribution in [0.5, 0.6) is 0 Å². The van der Waals surface area contributed by atoms with Gasteiger partial charge in [0.2, 0.25) is 0 Å². The van der Waals surface area contributed by atoms with E-state index in [0.717, 1.165) is 43.1 Å². The molecular weight excluding hydrogens is 276 g/mol. The molecule has 22 heavy (non-hydrogen) atoms. The zero-order valence-electron chi connectivity index (χ0n) is 13.6. The Balaban J connectivity index is 1.75. The van der Waals surface area contributed by atoms with E-state index in [2.05, 4.69) is 40.1 Å². The van der Waals surface area contributed by atoms with Crippen LogP contribution in [-0.2, 0) is 20.1 Å². The van der Waals surface area contributed by atoms with Gasteiger partial charge < -0.3 is 9.47 Å². The molecule has 1 fully saturated rings. The lowest BCUT2D eigenvalue weighted by molar-refractivity contribution is 0.240. The Labute approximate surface area is 131 Å². The summed E-state index contributed by atoms with van der Waals surface area (Å²) in [4.78, 5) is 18.2. The van der Waals surface area contributed by atoms with Gasteiger partial charge in [-0.25, -0.2) is 4.98 Å². The number of imidazole rings is 1. The third-order valence-electron chi connectivity index (χ3n) is 4.01. The summed E-state index contributed by atoms with van der Waals surface area (Å²) in [7, 11) is 6.11. The Kier molecular flexibility index (Phi) is 4.49. The molecule has 0 aromatic carbocycles. The highest BCUT2D eigenvalue weighted by atomic mass is 15.2. The lowest BCUT2D eigenvalue weighted by Gasteiger charge is -2.23. The van der Waals surface area contributed by atoms with Crippen LogP contribution in [0.3, 0.4) is 0 Å². The molecule has 1 aliphatic heterocycles. The van der Waals surface area contributed by atoms with Crippen LogP contribution in [0.2, 0.25) is 0 Å². The zero-order chi connectivity index (χ0) is 15.5. The van der Waals surface area contributed by atoms with Crippen molar-refractivity contribution in [2.45, 2.75) is 32.0 Å². The maximum atomic E-state index is 4.82. The number of hydrogen-bond acceptors (Lipinski definition) is 5. The van der Waals surface area contributed by atoms with Crippen LogP contribution >= 0.6 is 0 Å². The van der Waals surface area contributed by atoms with Crippen molar-refractivity contribution in [3.8, 4) is 0 Å². The Hall–Kier alpha value is -1.79. The Morgan fingerprint density at radius 1 is 1.27 bits per heavy atom. The molecule has 2 aromatic heterocycles. The van der Waals surface area contributed by atoms with Crippen LogP contribution in [0.1, 0.15) is 36.0 Å². The van der Waals surface area contributed by atoms with Gasteiger partial charge in [-0.05, 0) is 33.5 Å². The monoisotopic (exact) mass is 300 g/mol. The Bertz CT molecular complexity index is 621. The molecule has 1 aliphatic rings. The average Bonchev–Trinajstić information content (AvgIpc) is 3.08. The van der Waals surface area contributed by atoms with E-state index >= 15 is 0 Å². The predicted octanol–water partition coefficient (Wildman–Crippen LogP) is 1.61. The molecule has 2 aromatic rings. The highest BCUT2D eigenvalue weighted by Gasteiger charge is 2.28. The number of hydrogen-bond donors (Lipinski definition) is 0. The highest BCUT2D eigenvalue weighted by molar-refractivity contribution is 5.10. The van der Waals surface area contributed by atoms with E-state index in [1.54, 1.807) is 0 Å². The van der Waals surface area contributed by atoms with Crippen LogP contribution < -0.4 is 0 Å². The maximum Gasteiger partial charge on any atom is 0.0947 e. The largest absolute Gasteiger partial charge is 0.340 e. The van der Waals surface area contributed by atoms with Gasteiger partial charge >= 0.3 is 0 Å². The van der Waals surface area contributed by atoms with Crippen molar-refractivity contribution in [3.05, 3.63) is 42.0 Å². The van der Waals surface area contributed by atoms with Gasteiger partial charge in [0, 0.05) is 38.7 Å². The fourth-order valence-corrected chi connectivity index (χ4v) is 3.09. The minimum absolute atomic E-state index is 0.358. The number of likely N-dealkylation sites (tertiary alicyclic amines) is 1. The molecule has 0 N–H and O–H groups in total. The van der Waals surface area contributed by atoms with Crippen molar-refractivity contribution in [2.75, 3.05) is 20.6 Å². The van der Waals surface area contributed by atoms with Crippen LogP contribution in [0.4, 0.5) is 0 Å². The van der Waals surface area contributed by atoms with E-state index in [-0.39, 0.29) is 0 Å². The molecule has 6 heteroatoms. The molecule has 0 radical (unpaired) electrons. The van der Waals surface area contributed by atoms with E-state index in [0.29, 0.717) is 6.04 Å². The molecule has 0 spiro atoms. The molecule has 1 atom stereocenters. The molecule has 3 rings (SSSR count). The lowest BCUT2D eigenvalue weighted by Crippen LogP contribution is -2.24. The second kappa shape index (κ2) is 6.54. The molecule has 0 aliphatic carbocycles. The molecule has 0 amide bonds. The number of aromatic nitrogens is 4. The van der Waals surface area contributed by atoms with E-state index in [4.69, 9.17) is 4.98 Å². The molecule has 0 saturated carbocycles. The summed E-state index contributed by atoms with van der Waals surface area (Å²) in [6, 6.07) is 0.358. The molecule has 0 unspecified atom stereocenters. The summed E-state index contributed by atoms with van der Waals surface area (Å²) in [5, 5.41) is 0. The first-order chi connectivity index (χ1) is 10.6. The lowest BCUT2D eigenvalue weighted by atomic mass is 10.1. The zero-order valence-corrected chi connectivity index (χ0v) is 13.6. The third kappa shape index (κ3) is 3.51. The first-order valence-electron chi connectivity index (χ1n) is 7.78. The van der Waals surface area contributed by atoms with Crippen molar-refractivity contribution < 1.29 is 0 Å². The summed E-state index contributed by atoms with van der Waals surface area (Å²) in [5.74, 6) is 0. The van der Waals surface area contributed by atoms with E-state index < -0.39 is 0 Å². The SMILES string of the molecule is CN(C)Cc1cncc([C@H]2CCCN2Cc2cn(C)cn2)n1. The maximum absolute atomic E-state index is 4.82. The second-order valence-electron chi connectivity index (χ2n) is 6.33. The molecule has 1 saturated heterocycles. The molecule has 6 nitrogen and oxygen atoms in total. The van der Waals surface area contributed by atoms with Crippen molar-refractivity contribution in [2.24, 2.45) is 7.05 Å². The summed E-state index contributed by atoms with van der Waals surface area (Å²) < 4.78 is 2.00. The smallest absolute Gasteiger partial charge is 0.0947 e. The molecule has 0 bridgehead atoms. The van der Waals surface area contributed by atoms with E-state index in [9.17, 15) is 0 Å². The fourth-order valence-electron chi connectivity index (χ4n) is 3.09. The van der Waals surface area contributed by atoms with Crippen LogP contribution in [0.25, 0.3) is 0 Å². The summed E-state index contributed by atoms with van der Waals surface area (Å²) in [6.07, 6.45) is 10.1. The minimum atomic E-state index is 0.358. The average molecular weight is 300 g/mol. The first-order valence-corrected chi connectivity index (χ1v) is 7.78.